The van der Waals surface area contributed by atoms with E-state index in [1.165, 1.54) is 16.2 Å². The monoisotopic (exact) mass is 469 g/mol. The number of hydrogen-bond acceptors (Lipinski definition) is 7. The molecule has 0 spiro atoms. The number of anilines is 1. The first-order valence-corrected chi connectivity index (χ1v) is 11.1. The number of aliphatic hydroxyl groups is 1. The number of aliphatic hydroxyl groups excluding tert-OH is 1. The van der Waals surface area contributed by atoms with Gasteiger partial charge in [-0.2, -0.15) is 0 Å². The van der Waals surface area contributed by atoms with Crippen molar-refractivity contribution < 1.29 is 19.4 Å². The number of nitrogens with zero attached hydrogens (tertiary/aromatic N) is 3. The maximum atomic E-state index is 13.1. The summed E-state index contributed by atoms with van der Waals surface area (Å²) in [5.41, 5.74) is 0.924. The average Bonchev–Trinajstić information content (AvgIpc) is 3.28. The van der Waals surface area contributed by atoms with Gasteiger partial charge in [0.05, 0.1) is 17.7 Å². The summed E-state index contributed by atoms with van der Waals surface area (Å²) < 4.78 is 5.64. The lowest BCUT2D eigenvalue weighted by Crippen LogP contribution is -2.29. The van der Waals surface area contributed by atoms with Crippen LogP contribution in [0.4, 0.5) is 5.13 Å². The second kappa shape index (κ2) is 8.72. The second-order valence-corrected chi connectivity index (χ2v) is 9.12. The van der Waals surface area contributed by atoms with Gasteiger partial charge in [0, 0.05) is 10.6 Å². The summed E-state index contributed by atoms with van der Waals surface area (Å²) in [6, 6.07) is 12.6. The number of carbonyl (C=O) groups excluding carboxylic acids is 2. The Morgan fingerprint density at radius 3 is 2.47 bits per heavy atom. The molecule has 3 aromatic rings. The molecule has 164 valence electrons. The Bertz CT molecular complexity index is 1220. The first-order valence-electron chi connectivity index (χ1n) is 9.90. The number of aromatic nitrogens is 2. The standard InChI is InChI=1S/C23H20ClN3O4S/c1-12(2)31-17-9-7-14(8-10-17)20(28)18-19(15-5-4-6-16(24)11-15)27(22(30)21(18)29)23-26-25-13(3)32-23/h4-12,19,28H,1-3H3/b20-18-. The SMILES string of the molecule is Cc1nnc(N2C(=O)C(=O)/C(=C(\O)c3ccc(OC(C)C)cc3)C2c2cccc(Cl)c2)s1. The van der Waals surface area contributed by atoms with Crippen molar-refractivity contribution in [2.45, 2.75) is 32.9 Å². The third-order valence-electron chi connectivity index (χ3n) is 4.83. The molecule has 1 saturated heterocycles. The van der Waals surface area contributed by atoms with Crippen LogP contribution in [0.25, 0.3) is 5.76 Å². The minimum Gasteiger partial charge on any atom is -0.507 e. The van der Waals surface area contributed by atoms with E-state index in [0.29, 0.717) is 26.9 Å². The van der Waals surface area contributed by atoms with Crippen molar-refractivity contribution in [3.8, 4) is 5.75 Å². The Labute approximate surface area is 193 Å². The summed E-state index contributed by atoms with van der Waals surface area (Å²) in [4.78, 5) is 27.4. The number of halogens is 1. The lowest BCUT2D eigenvalue weighted by Gasteiger charge is -2.22. The van der Waals surface area contributed by atoms with Gasteiger partial charge >= 0.3 is 5.91 Å². The predicted molar refractivity (Wildman–Crippen MR) is 123 cm³/mol. The van der Waals surface area contributed by atoms with Crippen molar-refractivity contribution in [1.82, 2.24) is 10.2 Å². The Balaban J connectivity index is 1.86. The Morgan fingerprint density at radius 1 is 1.16 bits per heavy atom. The van der Waals surface area contributed by atoms with E-state index >= 15 is 0 Å². The Morgan fingerprint density at radius 2 is 1.88 bits per heavy atom. The van der Waals surface area contributed by atoms with E-state index in [9.17, 15) is 14.7 Å². The summed E-state index contributed by atoms with van der Waals surface area (Å²) in [5.74, 6) is -1.24. The molecule has 1 aliphatic rings. The van der Waals surface area contributed by atoms with Crippen LogP contribution in [0.1, 0.15) is 36.0 Å². The summed E-state index contributed by atoms with van der Waals surface area (Å²) >= 11 is 7.38. The molecule has 1 aromatic heterocycles. The van der Waals surface area contributed by atoms with Gasteiger partial charge in [0.1, 0.15) is 16.5 Å². The molecule has 0 saturated carbocycles. The maximum absolute atomic E-state index is 13.1. The molecule has 1 aliphatic heterocycles. The molecule has 1 N–H and O–H groups in total. The number of carbonyl (C=O) groups is 2. The van der Waals surface area contributed by atoms with Gasteiger partial charge in [-0.25, -0.2) is 0 Å². The first kappa shape index (κ1) is 22.0. The maximum Gasteiger partial charge on any atom is 0.301 e. The molecule has 1 unspecified atom stereocenters. The normalized spacial score (nSPS) is 17.9. The van der Waals surface area contributed by atoms with Gasteiger partial charge in [0.2, 0.25) is 5.13 Å². The molecular formula is C23H20ClN3O4S. The van der Waals surface area contributed by atoms with E-state index in [0.717, 1.165) is 0 Å². The van der Waals surface area contributed by atoms with Crippen LogP contribution < -0.4 is 9.64 Å². The van der Waals surface area contributed by atoms with Crippen molar-refractivity contribution in [2.24, 2.45) is 0 Å². The van der Waals surface area contributed by atoms with Crippen LogP contribution in [-0.4, -0.2) is 33.1 Å². The number of ether oxygens (including phenoxy) is 1. The molecule has 1 fully saturated rings. The lowest BCUT2D eigenvalue weighted by molar-refractivity contribution is -0.132. The third-order valence-corrected chi connectivity index (χ3v) is 5.90. The zero-order valence-corrected chi connectivity index (χ0v) is 19.1. The van der Waals surface area contributed by atoms with Crippen LogP contribution >= 0.6 is 22.9 Å². The number of hydrogen-bond donors (Lipinski definition) is 1. The van der Waals surface area contributed by atoms with Crippen LogP contribution in [-0.2, 0) is 9.59 Å². The van der Waals surface area contributed by atoms with Gasteiger partial charge < -0.3 is 9.84 Å². The van der Waals surface area contributed by atoms with Gasteiger partial charge in [-0.15, -0.1) is 10.2 Å². The zero-order chi connectivity index (χ0) is 23.0. The molecule has 9 heteroatoms. The van der Waals surface area contributed by atoms with Crippen molar-refractivity contribution in [3.05, 3.63) is 75.3 Å². The van der Waals surface area contributed by atoms with Crippen molar-refractivity contribution in [2.75, 3.05) is 4.90 Å². The van der Waals surface area contributed by atoms with Gasteiger partial charge in [-0.3, -0.25) is 14.5 Å². The molecule has 4 rings (SSSR count). The highest BCUT2D eigenvalue weighted by Gasteiger charge is 2.48. The first-order chi connectivity index (χ1) is 15.3. The van der Waals surface area contributed by atoms with Crippen LogP contribution in [0, 0.1) is 6.92 Å². The number of aryl methyl sites for hydroxylation is 1. The van der Waals surface area contributed by atoms with E-state index in [2.05, 4.69) is 10.2 Å². The van der Waals surface area contributed by atoms with Crippen LogP contribution in [0.3, 0.4) is 0 Å². The summed E-state index contributed by atoms with van der Waals surface area (Å²) in [7, 11) is 0. The molecule has 32 heavy (non-hydrogen) atoms. The van der Waals surface area contributed by atoms with E-state index in [4.69, 9.17) is 16.3 Å². The fraction of sp³-hybridized carbons (Fsp3) is 0.217. The highest BCUT2D eigenvalue weighted by Crippen LogP contribution is 2.43. The van der Waals surface area contributed by atoms with Gasteiger partial charge in [-0.05, 0) is 62.7 Å². The van der Waals surface area contributed by atoms with Crippen LogP contribution in [0.5, 0.6) is 5.75 Å². The number of Topliss-reactive ketones (excluding diaryl/α,β-unsaturated/α-hetero) is 1. The van der Waals surface area contributed by atoms with E-state index in [1.807, 2.05) is 13.8 Å². The molecule has 0 bridgehead atoms. The van der Waals surface area contributed by atoms with Gasteiger partial charge in [0.15, 0.2) is 0 Å². The average molecular weight is 470 g/mol. The second-order valence-electron chi connectivity index (χ2n) is 7.52. The topological polar surface area (TPSA) is 92.6 Å². The molecule has 0 radical (unpaired) electrons. The minimum absolute atomic E-state index is 0.00189. The number of ketones is 1. The fourth-order valence-electron chi connectivity index (χ4n) is 3.52. The Kier molecular flexibility index (Phi) is 5.99. The highest BCUT2D eigenvalue weighted by atomic mass is 35.5. The molecule has 2 aromatic carbocycles. The van der Waals surface area contributed by atoms with Crippen LogP contribution in [0.2, 0.25) is 5.02 Å². The molecule has 1 amide bonds. The molecule has 0 aliphatic carbocycles. The van der Waals surface area contributed by atoms with Crippen molar-refractivity contribution >= 4 is 45.5 Å². The smallest absolute Gasteiger partial charge is 0.301 e. The third kappa shape index (κ3) is 4.11. The van der Waals surface area contributed by atoms with Gasteiger partial charge in [0.25, 0.3) is 5.78 Å². The van der Waals surface area contributed by atoms with Crippen molar-refractivity contribution in [3.63, 3.8) is 0 Å². The quantitative estimate of drug-likeness (QED) is 0.324. The number of rotatable bonds is 5. The van der Waals surface area contributed by atoms with E-state index < -0.39 is 17.7 Å². The predicted octanol–water partition coefficient (Wildman–Crippen LogP) is 4.91. The molecular weight excluding hydrogens is 450 g/mol. The highest BCUT2D eigenvalue weighted by molar-refractivity contribution is 7.15. The zero-order valence-electron chi connectivity index (χ0n) is 17.6. The van der Waals surface area contributed by atoms with Crippen LogP contribution in [0.15, 0.2) is 54.1 Å². The fourth-order valence-corrected chi connectivity index (χ4v) is 4.44. The number of benzene rings is 2. The molecule has 1 atom stereocenters. The largest absolute Gasteiger partial charge is 0.507 e. The van der Waals surface area contributed by atoms with Crippen molar-refractivity contribution in [1.29, 1.82) is 0 Å². The van der Waals surface area contributed by atoms with E-state index in [-0.39, 0.29) is 22.6 Å². The number of amides is 1. The Hall–Kier alpha value is -3.23. The summed E-state index contributed by atoms with van der Waals surface area (Å²) in [5, 5.41) is 20.5. The minimum atomic E-state index is -0.896. The van der Waals surface area contributed by atoms with Gasteiger partial charge in [-0.1, -0.05) is 35.1 Å². The molecule has 2 heterocycles. The summed E-state index contributed by atoms with van der Waals surface area (Å²) in [6.45, 7) is 5.58. The summed E-state index contributed by atoms with van der Waals surface area (Å²) in [6.07, 6.45) is -0.00189. The lowest BCUT2D eigenvalue weighted by atomic mass is 9.95. The molecule has 7 nitrogen and oxygen atoms in total. The van der Waals surface area contributed by atoms with E-state index in [1.54, 1.807) is 55.5 Å².